The van der Waals surface area contributed by atoms with Gasteiger partial charge < -0.3 is 10.2 Å². The van der Waals surface area contributed by atoms with Crippen LogP contribution in [0.1, 0.15) is 31.7 Å². The largest absolute Gasteiger partial charge is 0.357 e. The van der Waals surface area contributed by atoms with E-state index in [1.807, 2.05) is 0 Å². The maximum Gasteiger partial charge on any atom is 0.242 e. The van der Waals surface area contributed by atoms with Crippen LogP contribution in [-0.4, -0.2) is 51.0 Å². The zero-order valence-electron chi connectivity index (χ0n) is 19.2. The maximum absolute atomic E-state index is 13.7. The predicted molar refractivity (Wildman–Crippen MR) is 128 cm³/mol. The van der Waals surface area contributed by atoms with E-state index in [1.165, 1.54) is 11.9 Å². The average molecular weight is 516 g/mol. The molecule has 0 radical (unpaired) electrons. The van der Waals surface area contributed by atoms with E-state index in [1.54, 1.807) is 31.2 Å². The first-order valence-electron chi connectivity index (χ1n) is 10.7. The van der Waals surface area contributed by atoms with Gasteiger partial charge >= 0.3 is 0 Å². The molecule has 186 valence electrons. The van der Waals surface area contributed by atoms with E-state index in [4.69, 9.17) is 11.6 Å². The van der Waals surface area contributed by atoms with Gasteiger partial charge in [0.1, 0.15) is 6.04 Å². The number of hydrogen-bond donors (Lipinski definition) is 1. The maximum atomic E-state index is 13.7. The molecule has 0 spiro atoms. The molecule has 2 amide bonds. The minimum Gasteiger partial charge on any atom is -0.357 e. The normalized spacial score (nSPS) is 12.2. The minimum absolute atomic E-state index is 0.0430. The Hall–Kier alpha value is -2.72. The van der Waals surface area contributed by atoms with E-state index in [-0.39, 0.29) is 43.4 Å². The lowest BCUT2D eigenvalue weighted by Gasteiger charge is -2.31. The molecule has 11 heteroatoms. The highest BCUT2D eigenvalue weighted by molar-refractivity contribution is 7.92. The number of carbonyl (C=O) groups is 2. The first kappa shape index (κ1) is 27.5. The van der Waals surface area contributed by atoms with Crippen LogP contribution in [0.2, 0.25) is 5.02 Å². The van der Waals surface area contributed by atoms with Crippen molar-refractivity contribution in [3.63, 3.8) is 0 Å². The van der Waals surface area contributed by atoms with Crippen molar-refractivity contribution in [2.45, 2.75) is 38.8 Å². The smallest absolute Gasteiger partial charge is 0.242 e. The fourth-order valence-electron chi connectivity index (χ4n) is 3.54. The van der Waals surface area contributed by atoms with Crippen LogP contribution < -0.4 is 9.62 Å². The Kier molecular flexibility index (Phi) is 9.81. The van der Waals surface area contributed by atoms with Gasteiger partial charge in [0.15, 0.2) is 11.6 Å². The van der Waals surface area contributed by atoms with E-state index in [9.17, 15) is 26.8 Å². The first-order valence-corrected chi connectivity index (χ1v) is 12.9. The van der Waals surface area contributed by atoms with Gasteiger partial charge in [-0.15, -0.1) is 0 Å². The molecule has 1 N–H and O–H groups in total. The van der Waals surface area contributed by atoms with Crippen molar-refractivity contribution in [1.82, 2.24) is 10.2 Å². The highest BCUT2D eigenvalue weighted by atomic mass is 35.5. The lowest BCUT2D eigenvalue weighted by molar-refractivity contribution is -0.141. The number of nitrogens with one attached hydrogen (secondary N) is 1. The average Bonchev–Trinajstić information content (AvgIpc) is 2.78. The van der Waals surface area contributed by atoms with Crippen molar-refractivity contribution in [2.75, 3.05) is 24.2 Å². The quantitative estimate of drug-likeness (QED) is 0.494. The summed E-state index contributed by atoms with van der Waals surface area (Å²) in [4.78, 5) is 27.0. The van der Waals surface area contributed by atoms with Crippen molar-refractivity contribution in [3.05, 3.63) is 64.7 Å². The molecule has 0 aromatic heterocycles. The molecule has 0 aliphatic rings. The summed E-state index contributed by atoms with van der Waals surface area (Å²) in [5, 5.41) is 3.01. The summed E-state index contributed by atoms with van der Waals surface area (Å²) < 4.78 is 52.3. The summed E-state index contributed by atoms with van der Waals surface area (Å²) in [5.41, 5.74) is 0.623. The first-order chi connectivity index (χ1) is 16.0. The SMILES string of the molecule is CCC(C(=O)NC)N(Cc1ccccc1Cl)C(=O)CCCN(c1ccc(F)c(F)c1)S(C)(=O)=O. The van der Waals surface area contributed by atoms with Gasteiger partial charge in [-0.05, 0) is 36.6 Å². The van der Waals surface area contributed by atoms with Crippen molar-refractivity contribution in [2.24, 2.45) is 0 Å². The molecule has 2 aromatic rings. The second-order valence-corrected chi connectivity index (χ2v) is 10.0. The molecule has 0 bridgehead atoms. The highest BCUT2D eigenvalue weighted by Gasteiger charge is 2.28. The third-order valence-corrected chi connectivity index (χ3v) is 6.84. The van der Waals surface area contributed by atoms with Crippen molar-refractivity contribution in [3.8, 4) is 0 Å². The third kappa shape index (κ3) is 7.14. The van der Waals surface area contributed by atoms with Crippen LogP contribution in [0, 0.1) is 11.6 Å². The summed E-state index contributed by atoms with van der Waals surface area (Å²) in [6.45, 7) is 1.75. The molecule has 2 rings (SSSR count). The molecular weight excluding hydrogens is 488 g/mol. The number of anilines is 1. The van der Waals surface area contributed by atoms with Crippen LogP contribution in [0.5, 0.6) is 0 Å². The van der Waals surface area contributed by atoms with Gasteiger partial charge in [-0.3, -0.25) is 13.9 Å². The van der Waals surface area contributed by atoms with E-state index >= 15 is 0 Å². The van der Waals surface area contributed by atoms with Gasteiger partial charge in [0.2, 0.25) is 21.8 Å². The number of carbonyl (C=O) groups excluding carboxylic acids is 2. The van der Waals surface area contributed by atoms with Gasteiger partial charge in [-0.1, -0.05) is 36.7 Å². The lowest BCUT2D eigenvalue weighted by Crippen LogP contribution is -2.48. The van der Waals surface area contributed by atoms with Crippen molar-refractivity contribution >= 4 is 39.1 Å². The zero-order valence-corrected chi connectivity index (χ0v) is 20.8. The van der Waals surface area contributed by atoms with E-state index in [2.05, 4.69) is 5.32 Å². The lowest BCUT2D eigenvalue weighted by atomic mass is 10.1. The van der Waals surface area contributed by atoms with Gasteiger partial charge in [-0.2, -0.15) is 0 Å². The number of nitrogens with zero attached hydrogens (tertiary/aromatic N) is 2. The Labute approximate surface area is 203 Å². The van der Waals surface area contributed by atoms with E-state index in [0.717, 1.165) is 28.8 Å². The van der Waals surface area contributed by atoms with Crippen LogP contribution in [0.25, 0.3) is 0 Å². The zero-order chi connectivity index (χ0) is 25.5. The topological polar surface area (TPSA) is 86.8 Å². The third-order valence-electron chi connectivity index (χ3n) is 5.27. The van der Waals surface area contributed by atoms with E-state index in [0.29, 0.717) is 17.0 Å². The Morgan fingerprint density at radius 2 is 1.79 bits per heavy atom. The Bertz CT molecular complexity index is 1130. The number of sulfonamides is 1. The Morgan fingerprint density at radius 1 is 1.12 bits per heavy atom. The minimum atomic E-state index is -3.82. The number of hydrogen-bond acceptors (Lipinski definition) is 4. The van der Waals surface area contributed by atoms with Crippen molar-refractivity contribution in [1.29, 1.82) is 0 Å². The molecule has 7 nitrogen and oxygen atoms in total. The number of amides is 2. The predicted octanol–water partition coefficient (Wildman–Crippen LogP) is 3.72. The monoisotopic (exact) mass is 515 g/mol. The second-order valence-electron chi connectivity index (χ2n) is 7.69. The molecular formula is C23H28ClF2N3O4S. The summed E-state index contributed by atoms with van der Waals surface area (Å²) in [6, 6.07) is 9.02. The number of rotatable bonds is 11. The number of benzene rings is 2. The molecule has 2 aromatic carbocycles. The van der Waals surface area contributed by atoms with Gasteiger partial charge in [0.25, 0.3) is 0 Å². The van der Waals surface area contributed by atoms with Gasteiger partial charge in [-0.25, -0.2) is 17.2 Å². The molecule has 0 heterocycles. The number of likely N-dealkylation sites (N-methyl/N-ethyl adjacent to an activating group) is 1. The van der Waals surface area contributed by atoms with Crippen LogP contribution >= 0.6 is 11.6 Å². The van der Waals surface area contributed by atoms with Crippen LogP contribution in [0.15, 0.2) is 42.5 Å². The number of halogens is 3. The molecule has 0 saturated heterocycles. The van der Waals surface area contributed by atoms with Gasteiger partial charge in [0.05, 0.1) is 11.9 Å². The molecule has 34 heavy (non-hydrogen) atoms. The van der Waals surface area contributed by atoms with Gasteiger partial charge in [0, 0.05) is 37.6 Å². The molecule has 0 saturated carbocycles. The summed E-state index contributed by atoms with van der Waals surface area (Å²) in [7, 11) is -2.34. The molecule has 0 aliphatic carbocycles. The van der Waals surface area contributed by atoms with Crippen LogP contribution in [-0.2, 0) is 26.2 Å². The summed E-state index contributed by atoms with van der Waals surface area (Å²) in [5.74, 6) is -2.97. The standard InChI is InChI=1S/C23H28ClF2N3O4S/c1-4-21(23(31)27-2)28(15-16-8-5-6-9-18(16)24)22(30)10-7-13-29(34(3,32)33)17-11-12-19(25)20(26)14-17/h5-6,8-9,11-12,14,21H,4,7,10,13,15H2,1-3H3,(H,27,31). The van der Waals surface area contributed by atoms with Crippen molar-refractivity contribution < 1.29 is 26.8 Å². The molecule has 1 unspecified atom stereocenters. The molecule has 1 atom stereocenters. The Morgan fingerprint density at radius 3 is 2.35 bits per heavy atom. The molecule has 0 aliphatic heterocycles. The summed E-state index contributed by atoms with van der Waals surface area (Å²) in [6.07, 6.45) is 1.32. The Balaban J connectivity index is 2.21. The van der Waals surface area contributed by atoms with E-state index < -0.39 is 27.7 Å². The fraction of sp³-hybridized carbons (Fsp3) is 0.391. The fourth-order valence-corrected chi connectivity index (χ4v) is 4.69. The van der Waals surface area contributed by atoms with Crippen LogP contribution in [0.3, 0.4) is 0 Å². The molecule has 0 fully saturated rings. The van der Waals surface area contributed by atoms with Crippen LogP contribution in [0.4, 0.5) is 14.5 Å². The second kappa shape index (κ2) is 12.1. The summed E-state index contributed by atoms with van der Waals surface area (Å²) >= 11 is 6.25. The highest BCUT2D eigenvalue weighted by Crippen LogP contribution is 2.23.